The van der Waals surface area contributed by atoms with E-state index in [0.717, 1.165) is 44.1 Å². The molecule has 0 spiro atoms. The molecule has 0 saturated heterocycles. The fourth-order valence-corrected chi connectivity index (χ4v) is 3.78. The van der Waals surface area contributed by atoms with Gasteiger partial charge in [-0.1, -0.05) is 90.5 Å². The number of anilines is 2. The molecule has 5 aromatic rings. The molecule has 0 saturated carbocycles. The number of hydrogen-bond acceptors (Lipinski definition) is 2. The van der Waals surface area contributed by atoms with Crippen LogP contribution in [0, 0.1) is 0 Å². The Morgan fingerprint density at radius 1 is 0.600 bits per heavy atom. The van der Waals surface area contributed by atoms with Crippen molar-refractivity contribution in [1.82, 2.24) is 4.98 Å². The summed E-state index contributed by atoms with van der Waals surface area (Å²) in [5, 5.41) is 5.47. The van der Waals surface area contributed by atoms with Gasteiger partial charge in [0.15, 0.2) is 0 Å². The zero-order chi connectivity index (χ0) is 20.3. The van der Waals surface area contributed by atoms with Gasteiger partial charge >= 0.3 is 0 Å². The number of rotatable bonds is 4. The zero-order valence-electron chi connectivity index (χ0n) is 16.2. The van der Waals surface area contributed by atoms with E-state index in [9.17, 15) is 0 Å². The maximum absolute atomic E-state index is 6.08. The predicted molar refractivity (Wildman–Crippen MR) is 127 cm³/mol. The lowest BCUT2D eigenvalue weighted by atomic mass is 10.0. The Bertz CT molecular complexity index is 1310. The largest absolute Gasteiger partial charge is 0.354 e. The number of aromatic nitrogens is 1. The van der Waals surface area contributed by atoms with Crippen molar-refractivity contribution in [2.45, 2.75) is 0 Å². The number of nitrogens with zero attached hydrogens (tertiary/aromatic N) is 1. The first-order valence-corrected chi connectivity index (χ1v) is 10.2. The third kappa shape index (κ3) is 3.66. The number of pyridine rings is 1. The highest BCUT2D eigenvalue weighted by atomic mass is 35.5. The molecule has 0 atom stereocenters. The van der Waals surface area contributed by atoms with Crippen LogP contribution in [0.4, 0.5) is 11.4 Å². The molecule has 5 rings (SSSR count). The van der Waals surface area contributed by atoms with Gasteiger partial charge < -0.3 is 5.32 Å². The smallest absolute Gasteiger partial charge is 0.0730 e. The van der Waals surface area contributed by atoms with Crippen LogP contribution in [0.1, 0.15) is 0 Å². The van der Waals surface area contributed by atoms with Gasteiger partial charge in [0, 0.05) is 27.2 Å². The van der Waals surface area contributed by atoms with E-state index in [1.165, 1.54) is 5.56 Å². The van der Waals surface area contributed by atoms with Crippen molar-refractivity contribution in [1.29, 1.82) is 0 Å². The van der Waals surface area contributed by atoms with Crippen molar-refractivity contribution >= 4 is 33.9 Å². The van der Waals surface area contributed by atoms with Gasteiger partial charge in [0.2, 0.25) is 0 Å². The molecule has 144 valence electrons. The molecule has 0 bridgehead atoms. The van der Waals surface area contributed by atoms with Gasteiger partial charge in [-0.2, -0.15) is 0 Å². The van der Waals surface area contributed by atoms with E-state index in [2.05, 4.69) is 66.0 Å². The number of hydrogen-bond donors (Lipinski definition) is 1. The summed E-state index contributed by atoms with van der Waals surface area (Å²) < 4.78 is 0. The quantitative estimate of drug-likeness (QED) is 0.327. The molecule has 1 aromatic heterocycles. The summed E-state index contributed by atoms with van der Waals surface area (Å²) in [6.45, 7) is 0. The van der Waals surface area contributed by atoms with E-state index in [-0.39, 0.29) is 0 Å². The summed E-state index contributed by atoms with van der Waals surface area (Å²) in [6, 6.07) is 36.9. The molecule has 1 N–H and O–H groups in total. The van der Waals surface area contributed by atoms with Crippen LogP contribution in [0.5, 0.6) is 0 Å². The van der Waals surface area contributed by atoms with E-state index in [1.807, 2.05) is 48.5 Å². The highest BCUT2D eigenvalue weighted by molar-refractivity contribution is 6.30. The van der Waals surface area contributed by atoms with Crippen molar-refractivity contribution in [2.75, 3.05) is 5.32 Å². The average molecular weight is 407 g/mol. The van der Waals surface area contributed by atoms with E-state index in [1.54, 1.807) is 0 Å². The van der Waals surface area contributed by atoms with Crippen LogP contribution in [0.25, 0.3) is 33.3 Å². The highest BCUT2D eigenvalue weighted by Crippen LogP contribution is 2.34. The highest BCUT2D eigenvalue weighted by Gasteiger charge is 2.10. The average Bonchev–Trinajstić information content (AvgIpc) is 2.80. The number of nitrogens with one attached hydrogen (secondary N) is 1. The molecule has 0 unspecified atom stereocenters. The fraction of sp³-hybridized carbons (Fsp3) is 0. The van der Waals surface area contributed by atoms with E-state index < -0.39 is 0 Å². The Kier molecular flexibility index (Phi) is 4.92. The number of halogens is 1. The summed E-state index contributed by atoms with van der Waals surface area (Å²) in [6.07, 6.45) is 0. The summed E-state index contributed by atoms with van der Waals surface area (Å²) in [5.74, 6) is 0. The first-order valence-electron chi connectivity index (χ1n) is 9.85. The third-order valence-electron chi connectivity index (χ3n) is 5.14. The number of para-hydroxylation sites is 2. The monoisotopic (exact) mass is 406 g/mol. The fourth-order valence-electron chi connectivity index (χ4n) is 3.65. The van der Waals surface area contributed by atoms with Crippen LogP contribution >= 0.6 is 11.6 Å². The molecule has 3 heteroatoms. The van der Waals surface area contributed by atoms with Gasteiger partial charge in [0.1, 0.15) is 0 Å². The minimum atomic E-state index is 0.717. The molecular formula is C27H19ClN2. The van der Waals surface area contributed by atoms with Crippen molar-refractivity contribution in [2.24, 2.45) is 0 Å². The lowest BCUT2D eigenvalue weighted by molar-refractivity contribution is 1.39. The van der Waals surface area contributed by atoms with Gasteiger partial charge in [0.05, 0.1) is 16.9 Å². The first kappa shape index (κ1) is 18.4. The van der Waals surface area contributed by atoms with Crippen molar-refractivity contribution in [3.8, 4) is 22.4 Å². The Morgan fingerprint density at radius 3 is 2.13 bits per heavy atom. The normalized spacial score (nSPS) is 10.8. The summed E-state index contributed by atoms with van der Waals surface area (Å²) in [4.78, 5) is 4.87. The molecular weight excluding hydrogens is 388 g/mol. The van der Waals surface area contributed by atoms with Crippen LogP contribution in [0.3, 0.4) is 0 Å². The summed E-state index contributed by atoms with van der Waals surface area (Å²) in [7, 11) is 0. The Balaban J connectivity index is 1.64. The van der Waals surface area contributed by atoms with Crippen molar-refractivity contribution in [3.05, 3.63) is 114 Å². The zero-order valence-corrected chi connectivity index (χ0v) is 17.0. The van der Waals surface area contributed by atoms with Crippen molar-refractivity contribution in [3.63, 3.8) is 0 Å². The third-order valence-corrected chi connectivity index (χ3v) is 5.39. The second-order valence-electron chi connectivity index (χ2n) is 7.12. The SMILES string of the molecule is Clc1ccc(-c2cc(Nc3ccccc3-c3ccccc3)c3ccccc3n2)cc1. The minimum absolute atomic E-state index is 0.717. The maximum atomic E-state index is 6.08. The standard InChI is InChI=1S/C27H19ClN2/c28-21-16-14-20(15-17-21)26-18-27(23-11-5-7-13-25(23)29-26)30-24-12-6-4-10-22(24)19-8-2-1-3-9-19/h1-18H,(H,29,30). The Labute approximate surface area is 180 Å². The molecule has 0 aliphatic heterocycles. The van der Waals surface area contributed by atoms with Gasteiger partial charge in [-0.3, -0.25) is 0 Å². The molecule has 0 radical (unpaired) electrons. The van der Waals surface area contributed by atoms with Gasteiger partial charge in [-0.05, 0) is 35.9 Å². The molecule has 0 fully saturated rings. The van der Waals surface area contributed by atoms with E-state index in [4.69, 9.17) is 16.6 Å². The first-order chi connectivity index (χ1) is 14.8. The second kappa shape index (κ2) is 8.02. The van der Waals surface area contributed by atoms with Gasteiger partial charge in [-0.25, -0.2) is 4.98 Å². The summed E-state index contributed by atoms with van der Waals surface area (Å²) in [5.41, 5.74) is 7.30. The second-order valence-corrected chi connectivity index (χ2v) is 7.55. The Hall–Kier alpha value is -3.62. The van der Waals surface area contributed by atoms with E-state index in [0.29, 0.717) is 0 Å². The maximum Gasteiger partial charge on any atom is 0.0730 e. The van der Waals surface area contributed by atoms with Gasteiger partial charge in [0.25, 0.3) is 0 Å². The summed E-state index contributed by atoms with van der Waals surface area (Å²) >= 11 is 6.08. The van der Waals surface area contributed by atoms with Crippen LogP contribution in [-0.2, 0) is 0 Å². The van der Waals surface area contributed by atoms with Crippen LogP contribution in [0.15, 0.2) is 109 Å². The molecule has 0 aliphatic rings. The molecule has 2 nitrogen and oxygen atoms in total. The topological polar surface area (TPSA) is 24.9 Å². The van der Waals surface area contributed by atoms with Crippen LogP contribution in [0.2, 0.25) is 5.02 Å². The number of fused-ring (bicyclic) bond motifs is 1. The predicted octanol–water partition coefficient (Wildman–Crippen LogP) is 7.97. The molecule has 0 aliphatic carbocycles. The molecule has 0 amide bonds. The molecule has 30 heavy (non-hydrogen) atoms. The van der Waals surface area contributed by atoms with Crippen LogP contribution < -0.4 is 5.32 Å². The van der Waals surface area contributed by atoms with Crippen molar-refractivity contribution < 1.29 is 0 Å². The van der Waals surface area contributed by atoms with Gasteiger partial charge in [-0.15, -0.1) is 0 Å². The van der Waals surface area contributed by atoms with E-state index >= 15 is 0 Å². The number of benzene rings is 4. The lowest BCUT2D eigenvalue weighted by Gasteiger charge is -2.15. The minimum Gasteiger partial charge on any atom is -0.354 e. The molecule has 4 aromatic carbocycles. The van der Waals surface area contributed by atoms with Crippen LogP contribution in [-0.4, -0.2) is 4.98 Å². The lowest BCUT2D eigenvalue weighted by Crippen LogP contribution is -1.97. The Morgan fingerprint density at radius 2 is 1.30 bits per heavy atom. The molecule has 1 heterocycles.